The zero-order chi connectivity index (χ0) is 19.3. The number of oxime groups is 1. The SMILES string of the molecule is O=C(c1cccs1)N(Cc1cccc(F)c1)CC1CC(c2ccccc2)=NO1. The van der Waals surface area contributed by atoms with Crippen molar-refractivity contribution in [3.05, 3.63) is 93.9 Å². The van der Waals surface area contributed by atoms with Crippen molar-refractivity contribution in [1.29, 1.82) is 0 Å². The van der Waals surface area contributed by atoms with Crippen LogP contribution < -0.4 is 0 Å². The number of halogens is 1. The molecular weight excluding hydrogens is 375 g/mol. The largest absolute Gasteiger partial charge is 0.390 e. The van der Waals surface area contributed by atoms with Gasteiger partial charge in [-0.2, -0.15) is 0 Å². The van der Waals surface area contributed by atoms with Gasteiger partial charge in [0.05, 0.1) is 17.1 Å². The van der Waals surface area contributed by atoms with Crippen LogP contribution in [0, 0.1) is 5.82 Å². The van der Waals surface area contributed by atoms with E-state index in [4.69, 9.17) is 4.84 Å². The lowest BCUT2D eigenvalue weighted by atomic mass is 10.0. The van der Waals surface area contributed by atoms with Crippen LogP contribution in [0.3, 0.4) is 0 Å². The zero-order valence-electron chi connectivity index (χ0n) is 15.1. The summed E-state index contributed by atoms with van der Waals surface area (Å²) in [6, 6.07) is 19.8. The van der Waals surface area contributed by atoms with E-state index in [9.17, 15) is 9.18 Å². The van der Waals surface area contributed by atoms with Crippen molar-refractivity contribution in [2.45, 2.75) is 19.1 Å². The summed E-state index contributed by atoms with van der Waals surface area (Å²) in [5, 5.41) is 6.08. The van der Waals surface area contributed by atoms with Crippen molar-refractivity contribution in [1.82, 2.24) is 4.90 Å². The molecule has 1 aliphatic rings. The molecule has 4 rings (SSSR count). The lowest BCUT2D eigenvalue weighted by Crippen LogP contribution is -2.37. The zero-order valence-corrected chi connectivity index (χ0v) is 15.9. The molecule has 3 aromatic rings. The first-order chi connectivity index (χ1) is 13.7. The fourth-order valence-corrected chi connectivity index (χ4v) is 3.89. The first-order valence-corrected chi connectivity index (χ1v) is 9.92. The molecule has 0 saturated heterocycles. The molecule has 0 fully saturated rings. The van der Waals surface area contributed by atoms with Crippen LogP contribution in [0.15, 0.2) is 77.3 Å². The molecule has 0 radical (unpaired) electrons. The summed E-state index contributed by atoms with van der Waals surface area (Å²) in [5.41, 5.74) is 2.64. The van der Waals surface area contributed by atoms with Crippen molar-refractivity contribution in [2.75, 3.05) is 6.54 Å². The molecule has 4 nitrogen and oxygen atoms in total. The average molecular weight is 394 g/mol. The summed E-state index contributed by atoms with van der Waals surface area (Å²) in [6.07, 6.45) is 0.397. The molecule has 6 heteroatoms. The van der Waals surface area contributed by atoms with Crippen LogP contribution in [0.2, 0.25) is 0 Å². The molecular formula is C22H19FN2O2S. The second-order valence-corrected chi connectivity index (χ2v) is 7.58. The van der Waals surface area contributed by atoms with Crippen LogP contribution in [-0.2, 0) is 11.4 Å². The van der Waals surface area contributed by atoms with E-state index in [0.717, 1.165) is 16.8 Å². The fourth-order valence-electron chi connectivity index (χ4n) is 3.20. The summed E-state index contributed by atoms with van der Waals surface area (Å²) in [6.45, 7) is 0.697. The van der Waals surface area contributed by atoms with E-state index in [2.05, 4.69) is 5.16 Å². The molecule has 142 valence electrons. The van der Waals surface area contributed by atoms with Gasteiger partial charge in [-0.3, -0.25) is 4.79 Å². The quantitative estimate of drug-likeness (QED) is 0.607. The Morgan fingerprint density at radius 1 is 1.14 bits per heavy atom. The smallest absolute Gasteiger partial charge is 0.264 e. The molecule has 1 atom stereocenters. The average Bonchev–Trinajstić information content (AvgIpc) is 3.40. The minimum atomic E-state index is -0.312. The predicted molar refractivity (Wildman–Crippen MR) is 108 cm³/mol. The van der Waals surface area contributed by atoms with E-state index >= 15 is 0 Å². The molecule has 1 aromatic heterocycles. The molecule has 1 amide bonds. The minimum Gasteiger partial charge on any atom is -0.390 e. The van der Waals surface area contributed by atoms with Crippen LogP contribution in [0.1, 0.15) is 27.2 Å². The normalized spacial score (nSPS) is 15.8. The highest BCUT2D eigenvalue weighted by Gasteiger charge is 2.27. The maximum atomic E-state index is 13.6. The standard InChI is InChI=1S/C22H19FN2O2S/c23-18-9-4-6-16(12-18)14-25(22(26)21-10-5-11-28-21)15-19-13-20(24-27-19)17-7-2-1-3-8-17/h1-12,19H,13-15H2. The third-order valence-corrected chi connectivity index (χ3v) is 5.40. The topological polar surface area (TPSA) is 41.9 Å². The summed E-state index contributed by atoms with van der Waals surface area (Å²) < 4.78 is 13.6. The Morgan fingerprint density at radius 2 is 2.00 bits per heavy atom. The van der Waals surface area contributed by atoms with Gasteiger partial charge < -0.3 is 9.74 Å². The molecule has 0 spiro atoms. The Labute approximate surface area is 166 Å². The van der Waals surface area contributed by atoms with Crippen LogP contribution in [0.5, 0.6) is 0 Å². The molecule has 2 heterocycles. The number of carbonyl (C=O) groups is 1. The maximum absolute atomic E-state index is 13.6. The van der Waals surface area contributed by atoms with Crippen molar-refractivity contribution in [2.24, 2.45) is 5.16 Å². The van der Waals surface area contributed by atoms with E-state index in [1.54, 1.807) is 17.0 Å². The lowest BCUT2D eigenvalue weighted by Gasteiger charge is -2.24. The maximum Gasteiger partial charge on any atom is 0.264 e. The van der Waals surface area contributed by atoms with Gasteiger partial charge in [0.2, 0.25) is 0 Å². The monoisotopic (exact) mass is 394 g/mol. The first kappa shape index (κ1) is 18.4. The number of thiophene rings is 1. The van der Waals surface area contributed by atoms with Crippen molar-refractivity contribution in [3.8, 4) is 0 Å². The number of rotatable bonds is 6. The van der Waals surface area contributed by atoms with Gasteiger partial charge >= 0.3 is 0 Å². The lowest BCUT2D eigenvalue weighted by molar-refractivity contribution is 0.0408. The van der Waals surface area contributed by atoms with Crippen LogP contribution >= 0.6 is 11.3 Å². The predicted octanol–water partition coefficient (Wildman–Crippen LogP) is 4.72. The van der Waals surface area contributed by atoms with Gasteiger partial charge in [0.25, 0.3) is 5.91 Å². The first-order valence-electron chi connectivity index (χ1n) is 9.04. The van der Waals surface area contributed by atoms with Crippen LogP contribution in [0.25, 0.3) is 0 Å². The van der Waals surface area contributed by atoms with Crippen molar-refractivity contribution < 1.29 is 14.0 Å². The highest BCUT2D eigenvalue weighted by atomic mass is 32.1. The van der Waals surface area contributed by atoms with E-state index < -0.39 is 0 Å². The molecule has 1 aliphatic heterocycles. The number of nitrogens with zero attached hydrogens (tertiary/aromatic N) is 2. The third kappa shape index (κ3) is 4.28. The van der Waals surface area contributed by atoms with Gasteiger partial charge in [-0.15, -0.1) is 11.3 Å². The molecule has 0 saturated carbocycles. The molecule has 28 heavy (non-hydrogen) atoms. The summed E-state index contributed by atoms with van der Waals surface area (Å²) in [7, 11) is 0. The van der Waals surface area contributed by atoms with Crippen molar-refractivity contribution in [3.63, 3.8) is 0 Å². The number of hydrogen-bond acceptors (Lipinski definition) is 4. The third-order valence-electron chi connectivity index (χ3n) is 4.55. The summed E-state index contributed by atoms with van der Waals surface area (Å²) in [5.74, 6) is -0.399. The Hall–Kier alpha value is -2.99. The van der Waals surface area contributed by atoms with Gasteiger partial charge in [0, 0.05) is 13.0 Å². The van der Waals surface area contributed by atoms with E-state index in [1.807, 2.05) is 47.8 Å². The van der Waals surface area contributed by atoms with Crippen LogP contribution in [0.4, 0.5) is 4.39 Å². The molecule has 1 unspecified atom stereocenters. The second-order valence-electron chi connectivity index (χ2n) is 6.63. The number of amides is 1. The van der Waals surface area contributed by atoms with E-state index in [0.29, 0.717) is 24.4 Å². The Kier molecular flexibility index (Phi) is 5.48. The van der Waals surface area contributed by atoms with E-state index in [-0.39, 0.29) is 17.8 Å². The van der Waals surface area contributed by atoms with Gasteiger partial charge in [-0.05, 0) is 34.7 Å². The van der Waals surface area contributed by atoms with Crippen LogP contribution in [-0.4, -0.2) is 29.2 Å². The van der Waals surface area contributed by atoms with Gasteiger partial charge in [-0.1, -0.05) is 53.7 Å². The fraction of sp³-hybridized carbons (Fsp3) is 0.182. The summed E-state index contributed by atoms with van der Waals surface area (Å²) in [4.78, 5) is 20.9. The van der Waals surface area contributed by atoms with E-state index in [1.165, 1.54) is 23.5 Å². The minimum absolute atomic E-state index is 0.0870. The van der Waals surface area contributed by atoms with Crippen molar-refractivity contribution >= 4 is 23.0 Å². The number of carbonyl (C=O) groups excluding carboxylic acids is 1. The molecule has 0 N–H and O–H groups in total. The second kappa shape index (κ2) is 8.35. The Bertz CT molecular complexity index is 973. The Morgan fingerprint density at radius 3 is 2.75 bits per heavy atom. The number of benzene rings is 2. The molecule has 2 aromatic carbocycles. The van der Waals surface area contributed by atoms with Gasteiger partial charge in [-0.25, -0.2) is 4.39 Å². The molecule has 0 bridgehead atoms. The highest BCUT2D eigenvalue weighted by Crippen LogP contribution is 2.21. The Balaban J connectivity index is 1.49. The molecule has 0 aliphatic carbocycles. The summed E-state index contributed by atoms with van der Waals surface area (Å²) >= 11 is 1.39. The highest BCUT2D eigenvalue weighted by molar-refractivity contribution is 7.12. The number of hydrogen-bond donors (Lipinski definition) is 0. The van der Waals surface area contributed by atoms with Gasteiger partial charge in [0.15, 0.2) is 6.10 Å². The van der Waals surface area contributed by atoms with Gasteiger partial charge in [0.1, 0.15) is 5.82 Å².